The SMILES string of the molecule is NC(O)CCS. The lowest BCUT2D eigenvalue weighted by Crippen LogP contribution is -2.18. The quantitative estimate of drug-likeness (QED) is 0.331. The highest BCUT2D eigenvalue weighted by Gasteiger charge is 1.87. The van der Waals surface area contributed by atoms with Gasteiger partial charge in [-0.15, -0.1) is 0 Å². The molecule has 0 aliphatic carbocycles. The third-order valence-corrected chi connectivity index (χ3v) is 0.683. The van der Waals surface area contributed by atoms with Gasteiger partial charge in [-0.25, -0.2) is 0 Å². The molecule has 0 aromatic rings. The van der Waals surface area contributed by atoms with Crippen LogP contribution < -0.4 is 5.73 Å². The highest BCUT2D eigenvalue weighted by Crippen LogP contribution is 1.83. The molecule has 0 aromatic carbocycles. The first-order valence-electron chi connectivity index (χ1n) is 1.82. The van der Waals surface area contributed by atoms with Crippen molar-refractivity contribution < 1.29 is 5.11 Å². The normalized spacial score (nSPS) is 14.5. The van der Waals surface area contributed by atoms with Crippen LogP contribution in [-0.4, -0.2) is 17.1 Å². The Balaban J connectivity index is 2.63. The number of hydrogen-bond donors (Lipinski definition) is 3. The first kappa shape index (κ1) is 6.27. The molecule has 1 atom stereocenters. The molecule has 38 valence electrons. The van der Waals surface area contributed by atoms with Gasteiger partial charge in [-0.2, -0.15) is 12.6 Å². The Morgan fingerprint density at radius 3 is 2.33 bits per heavy atom. The van der Waals surface area contributed by atoms with E-state index < -0.39 is 6.23 Å². The van der Waals surface area contributed by atoms with Crippen molar-refractivity contribution in [3.63, 3.8) is 0 Å². The molecule has 0 radical (unpaired) electrons. The van der Waals surface area contributed by atoms with Gasteiger partial charge in [0.25, 0.3) is 0 Å². The van der Waals surface area contributed by atoms with Gasteiger partial charge in [0.1, 0.15) is 6.23 Å². The largest absolute Gasteiger partial charge is 0.379 e. The first-order valence-corrected chi connectivity index (χ1v) is 2.45. The predicted molar refractivity (Wildman–Crippen MR) is 28.7 cm³/mol. The van der Waals surface area contributed by atoms with Crippen molar-refractivity contribution in [2.45, 2.75) is 12.6 Å². The highest BCUT2D eigenvalue weighted by atomic mass is 32.1. The van der Waals surface area contributed by atoms with E-state index in [1.54, 1.807) is 0 Å². The summed E-state index contributed by atoms with van der Waals surface area (Å²) in [5.41, 5.74) is 4.91. The van der Waals surface area contributed by atoms with Crippen LogP contribution in [0, 0.1) is 0 Å². The number of hydrogen-bond acceptors (Lipinski definition) is 3. The fourth-order valence-corrected chi connectivity index (χ4v) is 0.397. The van der Waals surface area contributed by atoms with E-state index in [0.717, 1.165) is 0 Å². The Labute approximate surface area is 42.8 Å². The molecule has 3 N–H and O–H groups in total. The molecule has 0 rings (SSSR count). The van der Waals surface area contributed by atoms with E-state index in [9.17, 15) is 0 Å². The van der Waals surface area contributed by atoms with Gasteiger partial charge in [-0.05, 0) is 12.2 Å². The third kappa shape index (κ3) is 4.27. The first-order chi connectivity index (χ1) is 2.77. The molecule has 0 heterocycles. The fraction of sp³-hybridized carbons (Fsp3) is 1.00. The summed E-state index contributed by atoms with van der Waals surface area (Å²) in [4.78, 5) is 0. The molecule has 2 nitrogen and oxygen atoms in total. The minimum atomic E-state index is -0.678. The number of rotatable bonds is 2. The van der Waals surface area contributed by atoms with Gasteiger partial charge in [0.05, 0.1) is 0 Å². The Morgan fingerprint density at radius 1 is 1.83 bits per heavy atom. The summed E-state index contributed by atoms with van der Waals surface area (Å²) in [6.07, 6.45) is -0.106. The molecule has 0 aromatic heterocycles. The van der Waals surface area contributed by atoms with E-state index in [1.807, 2.05) is 0 Å². The predicted octanol–water partition coefficient (Wildman–Crippen LogP) is -0.417. The van der Waals surface area contributed by atoms with E-state index in [4.69, 9.17) is 10.8 Å². The average Bonchev–Trinajstić information content (AvgIpc) is 1.35. The summed E-state index contributed by atoms with van der Waals surface area (Å²) in [6, 6.07) is 0. The Morgan fingerprint density at radius 2 is 2.33 bits per heavy atom. The molecular formula is C3H9NOS. The second-order valence-electron chi connectivity index (χ2n) is 1.08. The summed E-state index contributed by atoms with van der Waals surface area (Å²) >= 11 is 3.82. The Bertz CT molecular complexity index is 32.0. The minimum Gasteiger partial charge on any atom is -0.379 e. The summed E-state index contributed by atoms with van der Waals surface area (Å²) in [6.45, 7) is 0. The van der Waals surface area contributed by atoms with E-state index in [-0.39, 0.29) is 0 Å². The van der Waals surface area contributed by atoms with E-state index in [1.165, 1.54) is 0 Å². The van der Waals surface area contributed by atoms with Crippen LogP contribution in [-0.2, 0) is 0 Å². The third-order valence-electron chi connectivity index (χ3n) is 0.425. The molecule has 0 amide bonds. The molecule has 3 heteroatoms. The topological polar surface area (TPSA) is 46.2 Å². The van der Waals surface area contributed by atoms with Crippen LogP contribution in [0.2, 0.25) is 0 Å². The smallest absolute Gasteiger partial charge is 0.103 e. The molecule has 0 aliphatic heterocycles. The summed E-state index contributed by atoms with van der Waals surface area (Å²) < 4.78 is 0. The molecule has 1 unspecified atom stereocenters. The molecule has 0 fully saturated rings. The maximum atomic E-state index is 8.28. The summed E-state index contributed by atoms with van der Waals surface area (Å²) in [5, 5.41) is 8.28. The van der Waals surface area contributed by atoms with Crippen molar-refractivity contribution in [2.75, 3.05) is 5.75 Å². The van der Waals surface area contributed by atoms with Crippen LogP contribution in [0.1, 0.15) is 6.42 Å². The van der Waals surface area contributed by atoms with Gasteiger partial charge in [-0.3, -0.25) is 0 Å². The van der Waals surface area contributed by atoms with Crippen LogP contribution in [0.25, 0.3) is 0 Å². The second-order valence-corrected chi connectivity index (χ2v) is 1.53. The number of aliphatic hydroxyl groups is 1. The maximum absolute atomic E-state index is 8.28. The van der Waals surface area contributed by atoms with E-state index in [2.05, 4.69) is 12.6 Å². The number of thiol groups is 1. The molecule has 0 bridgehead atoms. The van der Waals surface area contributed by atoms with E-state index in [0.29, 0.717) is 12.2 Å². The molecule has 0 saturated carbocycles. The van der Waals surface area contributed by atoms with Crippen LogP contribution in [0.15, 0.2) is 0 Å². The average molecular weight is 107 g/mol. The highest BCUT2D eigenvalue weighted by molar-refractivity contribution is 7.80. The Hall–Kier alpha value is 0.270. The van der Waals surface area contributed by atoms with Gasteiger partial charge in [0, 0.05) is 0 Å². The van der Waals surface area contributed by atoms with Gasteiger partial charge >= 0.3 is 0 Å². The Kier molecular flexibility index (Phi) is 3.62. The molecular weight excluding hydrogens is 98.1 g/mol. The van der Waals surface area contributed by atoms with Gasteiger partial charge < -0.3 is 10.8 Å². The monoisotopic (exact) mass is 107 g/mol. The van der Waals surface area contributed by atoms with Crippen LogP contribution >= 0.6 is 12.6 Å². The summed E-state index contributed by atoms with van der Waals surface area (Å²) in [7, 11) is 0. The minimum absolute atomic E-state index is 0.573. The standard InChI is InChI=1S/C3H9NOS/c4-3(5)1-2-6/h3,5-6H,1-2,4H2. The van der Waals surface area contributed by atoms with Crippen molar-refractivity contribution in [2.24, 2.45) is 5.73 Å². The van der Waals surface area contributed by atoms with Gasteiger partial charge in [-0.1, -0.05) is 0 Å². The molecule has 0 spiro atoms. The molecule has 6 heavy (non-hydrogen) atoms. The summed E-state index contributed by atoms with van der Waals surface area (Å²) in [5.74, 6) is 0.650. The second kappa shape index (κ2) is 3.46. The van der Waals surface area contributed by atoms with Crippen molar-refractivity contribution in [3.05, 3.63) is 0 Å². The maximum Gasteiger partial charge on any atom is 0.103 e. The van der Waals surface area contributed by atoms with E-state index >= 15 is 0 Å². The van der Waals surface area contributed by atoms with Gasteiger partial charge in [0.15, 0.2) is 0 Å². The lowest BCUT2D eigenvalue weighted by Gasteiger charge is -1.95. The van der Waals surface area contributed by atoms with Crippen LogP contribution in [0.3, 0.4) is 0 Å². The lowest BCUT2D eigenvalue weighted by atomic mass is 10.4. The number of aliphatic hydroxyl groups excluding tert-OH is 1. The zero-order chi connectivity index (χ0) is 4.99. The fourth-order valence-electron chi connectivity index (χ4n) is 0.132. The van der Waals surface area contributed by atoms with Crippen molar-refractivity contribution in [1.82, 2.24) is 0 Å². The van der Waals surface area contributed by atoms with Gasteiger partial charge in [0.2, 0.25) is 0 Å². The molecule has 0 aliphatic rings. The molecule has 0 saturated heterocycles. The number of nitrogens with two attached hydrogens (primary N) is 1. The lowest BCUT2D eigenvalue weighted by molar-refractivity contribution is 0.179. The van der Waals surface area contributed by atoms with Crippen molar-refractivity contribution >= 4 is 12.6 Å². The van der Waals surface area contributed by atoms with Crippen LogP contribution in [0.5, 0.6) is 0 Å². The van der Waals surface area contributed by atoms with Crippen molar-refractivity contribution in [3.8, 4) is 0 Å². The van der Waals surface area contributed by atoms with Crippen molar-refractivity contribution in [1.29, 1.82) is 0 Å². The van der Waals surface area contributed by atoms with Crippen LogP contribution in [0.4, 0.5) is 0 Å². The zero-order valence-electron chi connectivity index (χ0n) is 3.46. The zero-order valence-corrected chi connectivity index (χ0v) is 4.36.